The Kier molecular flexibility index (Phi) is 2.84. The molecule has 0 unspecified atom stereocenters. The third-order valence-electron chi connectivity index (χ3n) is 2.57. The van der Waals surface area contributed by atoms with Gasteiger partial charge in [-0.15, -0.1) is 0 Å². The fraction of sp³-hybridized carbons (Fsp3) is 0.500. The Morgan fingerprint density at radius 1 is 1.41 bits per heavy atom. The number of hydrogen-bond acceptors (Lipinski definition) is 6. The van der Waals surface area contributed by atoms with Gasteiger partial charge in [-0.2, -0.15) is 9.97 Å². The van der Waals surface area contributed by atoms with Crippen LogP contribution in [0.2, 0.25) is 0 Å². The lowest BCUT2D eigenvalue weighted by Crippen LogP contribution is -2.38. The molecule has 17 heavy (non-hydrogen) atoms. The summed E-state index contributed by atoms with van der Waals surface area (Å²) in [6.07, 6.45) is 1.70. The van der Waals surface area contributed by atoms with E-state index in [1.54, 1.807) is 18.4 Å². The van der Waals surface area contributed by atoms with Crippen molar-refractivity contribution < 1.29 is 0 Å². The van der Waals surface area contributed by atoms with Gasteiger partial charge in [0.15, 0.2) is 17.0 Å². The van der Waals surface area contributed by atoms with Gasteiger partial charge in [-0.25, -0.2) is 10.8 Å². The first-order valence-electron chi connectivity index (χ1n) is 5.45. The van der Waals surface area contributed by atoms with Crippen LogP contribution < -0.4 is 16.2 Å². The third kappa shape index (κ3) is 1.89. The average Bonchev–Trinajstić information content (AvgIpc) is 2.69. The summed E-state index contributed by atoms with van der Waals surface area (Å²) in [5.74, 6) is 7.17. The van der Waals surface area contributed by atoms with Crippen LogP contribution in [0.3, 0.4) is 0 Å². The summed E-state index contributed by atoms with van der Waals surface area (Å²) in [6, 6.07) is 0.139. The molecule has 0 aliphatic rings. The summed E-state index contributed by atoms with van der Waals surface area (Å²) < 4.78 is 1.84. The zero-order chi connectivity index (χ0) is 12.6. The fourth-order valence-electron chi connectivity index (χ4n) is 1.53. The Morgan fingerprint density at radius 2 is 2.12 bits per heavy atom. The molecule has 0 saturated carbocycles. The molecular weight excluding hydrogens is 218 g/mol. The normalized spacial score (nSPS) is 11.2. The molecule has 2 aromatic heterocycles. The van der Waals surface area contributed by atoms with Gasteiger partial charge >= 0.3 is 0 Å². The van der Waals surface area contributed by atoms with Crippen molar-refractivity contribution in [2.24, 2.45) is 12.9 Å². The van der Waals surface area contributed by atoms with Crippen molar-refractivity contribution in [3.63, 3.8) is 0 Å². The molecule has 0 radical (unpaired) electrons. The van der Waals surface area contributed by atoms with Gasteiger partial charge in [-0.05, 0) is 13.8 Å². The first-order valence-corrected chi connectivity index (χ1v) is 5.45. The van der Waals surface area contributed by atoms with Crippen LogP contribution in [0.1, 0.15) is 13.8 Å². The summed E-state index contributed by atoms with van der Waals surface area (Å²) in [5.41, 5.74) is 1.47. The Hall–Kier alpha value is -1.89. The standard InChI is InChI=1S/C10H17N7/c1-6(2)17(11)9-7-8(16(4)5-13-7)14-10(12-3)15-9/h5-6H,11H2,1-4H3,(H,12,14,15). The van der Waals surface area contributed by atoms with Gasteiger partial charge in [0, 0.05) is 20.1 Å². The first kappa shape index (κ1) is 11.6. The number of aromatic nitrogens is 4. The summed E-state index contributed by atoms with van der Waals surface area (Å²) in [5, 5.41) is 4.52. The number of anilines is 2. The lowest BCUT2D eigenvalue weighted by molar-refractivity contribution is 0.702. The van der Waals surface area contributed by atoms with E-state index in [2.05, 4.69) is 20.3 Å². The number of imidazole rings is 1. The van der Waals surface area contributed by atoms with Crippen molar-refractivity contribution in [2.45, 2.75) is 19.9 Å². The van der Waals surface area contributed by atoms with E-state index in [1.165, 1.54) is 0 Å². The molecule has 0 saturated heterocycles. The Balaban J connectivity index is 2.67. The summed E-state index contributed by atoms with van der Waals surface area (Å²) >= 11 is 0. The first-order chi connectivity index (χ1) is 8.04. The predicted octanol–water partition coefficient (Wildman–Crippen LogP) is 0.493. The molecule has 7 nitrogen and oxygen atoms in total. The number of fused-ring (bicyclic) bond motifs is 1. The van der Waals surface area contributed by atoms with E-state index in [-0.39, 0.29) is 6.04 Å². The van der Waals surface area contributed by atoms with Crippen LogP contribution in [-0.2, 0) is 7.05 Å². The molecule has 2 heterocycles. The van der Waals surface area contributed by atoms with Crippen molar-refractivity contribution >= 4 is 22.9 Å². The molecule has 0 aliphatic heterocycles. The van der Waals surface area contributed by atoms with E-state index in [9.17, 15) is 0 Å². The van der Waals surface area contributed by atoms with E-state index in [1.807, 2.05) is 25.5 Å². The molecule has 3 N–H and O–H groups in total. The maximum atomic E-state index is 6.00. The second-order valence-electron chi connectivity index (χ2n) is 4.15. The fourth-order valence-corrected chi connectivity index (χ4v) is 1.53. The number of hydrazine groups is 1. The van der Waals surface area contributed by atoms with E-state index in [0.29, 0.717) is 17.3 Å². The molecule has 0 aliphatic carbocycles. The van der Waals surface area contributed by atoms with Crippen molar-refractivity contribution in [2.75, 3.05) is 17.4 Å². The topological polar surface area (TPSA) is 84.9 Å². The van der Waals surface area contributed by atoms with Crippen LogP contribution in [-0.4, -0.2) is 32.6 Å². The van der Waals surface area contributed by atoms with Gasteiger partial charge in [0.1, 0.15) is 0 Å². The SMILES string of the molecule is CNc1nc(N(N)C(C)C)c2ncn(C)c2n1. The Bertz CT molecular complexity index is 531. The largest absolute Gasteiger partial charge is 0.357 e. The minimum Gasteiger partial charge on any atom is -0.357 e. The highest BCUT2D eigenvalue weighted by Crippen LogP contribution is 2.22. The molecule has 0 aromatic carbocycles. The van der Waals surface area contributed by atoms with Crippen molar-refractivity contribution in [1.82, 2.24) is 19.5 Å². The van der Waals surface area contributed by atoms with Crippen LogP contribution in [0, 0.1) is 0 Å². The van der Waals surface area contributed by atoms with Gasteiger partial charge in [0.25, 0.3) is 0 Å². The number of nitrogens with two attached hydrogens (primary N) is 1. The van der Waals surface area contributed by atoms with Crippen molar-refractivity contribution in [1.29, 1.82) is 0 Å². The molecule has 0 fully saturated rings. The Labute approximate surface area is 99.6 Å². The van der Waals surface area contributed by atoms with E-state index >= 15 is 0 Å². The van der Waals surface area contributed by atoms with Crippen molar-refractivity contribution in [3.05, 3.63) is 6.33 Å². The minimum atomic E-state index is 0.139. The van der Waals surface area contributed by atoms with Crippen LogP contribution in [0.15, 0.2) is 6.33 Å². The van der Waals surface area contributed by atoms with Crippen LogP contribution in [0.25, 0.3) is 11.2 Å². The summed E-state index contributed by atoms with van der Waals surface area (Å²) in [4.78, 5) is 13.0. The molecular formula is C10H17N7. The average molecular weight is 235 g/mol. The zero-order valence-corrected chi connectivity index (χ0v) is 10.5. The minimum absolute atomic E-state index is 0.139. The van der Waals surface area contributed by atoms with E-state index in [0.717, 1.165) is 5.65 Å². The van der Waals surface area contributed by atoms with Crippen LogP contribution in [0.5, 0.6) is 0 Å². The quantitative estimate of drug-likeness (QED) is 0.595. The van der Waals surface area contributed by atoms with Crippen LogP contribution in [0.4, 0.5) is 11.8 Å². The monoisotopic (exact) mass is 235 g/mol. The van der Waals surface area contributed by atoms with Gasteiger partial charge in [-0.1, -0.05) is 0 Å². The number of nitrogens with zero attached hydrogens (tertiary/aromatic N) is 5. The molecule has 7 heteroatoms. The predicted molar refractivity (Wildman–Crippen MR) is 67.7 cm³/mol. The lowest BCUT2D eigenvalue weighted by Gasteiger charge is -2.22. The molecule has 92 valence electrons. The van der Waals surface area contributed by atoms with Gasteiger partial charge in [0.2, 0.25) is 5.95 Å². The number of hydrogen-bond donors (Lipinski definition) is 2. The maximum absolute atomic E-state index is 6.00. The number of aryl methyl sites for hydroxylation is 1. The molecule has 2 rings (SSSR count). The maximum Gasteiger partial charge on any atom is 0.226 e. The zero-order valence-electron chi connectivity index (χ0n) is 10.5. The highest BCUT2D eigenvalue weighted by molar-refractivity contribution is 5.84. The molecule has 0 spiro atoms. The highest BCUT2D eigenvalue weighted by Gasteiger charge is 2.17. The summed E-state index contributed by atoms with van der Waals surface area (Å²) in [6.45, 7) is 3.99. The molecule has 0 bridgehead atoms. The lowest BCUT2D eigenvalue weighted by atomic mass is 10.3. The van der Waals surface area contributed by atoms with Gasteiger partial charge in [-0.3, -0.25) is 5.01 Å². The second kappa shape index (κ2) is 4.17. The molecule has 2 aromatic rings. The smallest absolute Gasteiger partial charge is 0.226 e. The highest BCUT2D eigenvalue weighted by atomic mass is 15.5. The number of rotatable bonds is 3. The molecule has 0 atom stereocenters. The number of nitrogens with one attached hydrogen (secondary N) is 1. The van der Waals surface area contributed by atoms with Crippen molar-refractivity contribution in [3.8, 4) is 0 Å². The van der Waals surface area contributed by atoms with E-state index < -0.39 is 0 Å². The third-order valence-corrected chi connectivity index (χ3v) is 2.57. The van der Waals surface area contributed by atoms with Gasteiger partial charge < -0.3 is 9.88 Å². The second-order valence-corrected chi connectivity index (χ2v) is 4.15. The summed E-state index contributed by atoms with van der Waals surface area (Å²) in [7, 11) is 3.67. The molecule has 0 amide bonds. The Morgan fingerprint density at radius 3 is 2.71 bits per heavy atom. The van der Waals surface area contributed by atoms with E-state index in [4.69, 9.17) is 5.84 Å². The van der Waals surface area contributed by atoms with Gasteiger partial charge in [0.05, 0.1) is 6.33 Å². The van der Waals surface area contributed by atoms with Crippen LogP contribution >= 0.6 is 0 Å².